The van der Waals surface area contributed by atoms with Gasteiger partial charge in [-0.05, 0) is 24.3 Å². The van der Waals surface area contributed by atoms with Crippen LogP contribution in [-0.4, -0.2) is 21.9 Å². The molecule has 5 nitrogen and oxygen atoms in total. The first kappa shape index (κ1) is 17.7. The Morgan fingerprint density at radius 1 is 1.15 bits per heavy atom. The minimum atomic E-state index is -1.11. The van der Waals surface area contributed by atoms with Crippen molar-refractivity contribution < 1.29 is 13.5 Å². The van der Waals surface area contributed by atoms with Crippen molar-refractivity contribution in [2.75, 3.05) is 18.2 Å². The lowest BCUT2D eigenvalue weighted by Crippen LogP contribution is -2.12. The van der Waals surface area contributed by atoms with Crippen LogP contribution >= 0.6 is 12.2 Å². The fourth-order valence-corrected chi connectivity index (χ4v) is 2.68. The van der Waals surface area contributed by atoms with Gasteiger partial charge < -0.3 is 15.8 Å². The predicted octanol–water partition coefficient (Wildman–Crippen LogP) is 3.86. The first-order valence-corrected chi connectivity index (χ1v) is 7.93. The van der Waals surface area contributed by atoms with Crippen molar-refractivity contribution in [1.29, 1.82) is 0 Å². The van der Waals surface area contributed by atoms with Gasteiger partial charge in [0, 0.05) is 11.9 Å². The summed E-state index contributed by atoms with van der Waals surface area (Å²) in [7, 11) is 1.34. The van der Waals surface area contributed by atoms with Crippen LogP contribution in [0.5, 0.6) is 5.75 Å². The summed E-state index contributed by atoms with van der Waals surface area (Å²) in [5.74, 6) is -1.76. The normalized spacial score (nSPS) is 10.4. The first-order valence-electron chi connectivity index (χ1n) is 7.52. The minimum absolute atomic E-state index is 0.0362. The second-order valence-electron chi connectivity index (χ2n) is 5.25. The van der Waals surface area contributed by atoms with Crippen LogP contribution in [0.1, 0.15) is 11.1 Å². The highest BCUT2D eigenvalue weighted by atomic mass is 32.1. The molecule has 0 aliphatic carbocycles. The van der Waals surface area contributed by atoms with Gasteiger partial charge in [0.25, 0.3) is 0 Å². The second-order valence-corrected chi connectivity index (χ2v) is 5.66. The van der Waals surface area contributed by atoms with E-state index in [1.165, 1.54) is 19.4 Å². The summed E-state index contributed by atoms with van der Waals surface area (Å²) in [6.45, 7) is 0. The average Bonchev–Trinajstić information content (AvgIpc) is 2.64. The highest BCUT2D eigenvalue weighted by Crippen LogP contribution is 2.28. The van der Waals surface area contributed by atoms with Gasteiger partial charge in [-0.25, -0.2) is 13.8 Å². The maximum atomic E-state index is 14.2. The Hall–Kier alpha value is -3.13. The number of halogens is 2. The SMILES string of the molecule is COc1ccc(F)c(F)c1C(=S)c1cnc(Nc2ccccc2)nc1N. The average molecular weight is 372 g/mol. The van der Waals surface area contributed by atoms with Gasteiger partial charge in [0.1, 0.15) is 11.6 Å². The van der Waals surface area contributed by atoms with E-state index in [1.807, 2.05) is 30.3 Å². The van der Waals surface area contributed by atoms with Gasteiger partial charge in [-0.15, -0.1) is 0 Å². The van der Waals surface area contributed by atoms with Crippen molar-refractivity contribution in [2.45, 2.75) is 0 Å². The van der Waals surface area contributed by atoms with E-state index in [4.69, 9.17) is 22.7 Å². The van der Waals surface area contributed by atoms with E-state index in [2.05, 4.69) is 15.3 Å². The van der Waals surface area contributed by atoms with E-state index in [0.29, 0.717) is 0 Å². The summed E-state index contributed by atoms with van der Waals surface area (Å²) in [6.07, 6.45) is 1.36. The van der Waals surface area contributed by atoms with E-state index in [1.54, 1.807) is 0 Å². The van der Waals surface area contributed by atoms with Crippen LogP contribution in [0.25, 0.3) is 0 Å². The lowest BCUT2D eigenvalue weighted by Gasteiger charge is -2.13. The number of nitrogens with two attached hydrogens (primary N) is 1. The van der Waals surface area contributed by atoms with Crippen molar-refractivity contribution in [3.05, 3.63) is 71.4 Å². The Balaban J connectivity index is 1.95. The smallest absolute Gasteiger partial charge is 0.229 e. The van der Waals surface area contributed by atoms with Crippen LogP contribution in [-0.2, 0) is 0 Å². The van der Waals surface area contributed by atoms with Gasteiger partial charge in [0.15, 0.2) is 11.6 Å². The molecule has 3 aromatic rings. The second kappa shape index (κ2) is 7.40. The fourth-order valence-electron chi connectivity index (χ4n) is 2.33. The van der Waals surface area contributed by atoms with Gasteiger partial charge in [-0.2, -0.15) is 4.98 Å². The Bertz CT molecular complexity index is 967. The van der Waals surface area contributed by atoms with Gasteiger partial charge in [0.05, 0.1) is 23.1 Å². The molecule has 0 aliphatic heterocycles. The molecule has 0 bridgehead atoms. The zero-order valence-electron chi connectivity index (χ0n) is 13.7. The maximum Gasteiger partial charge on any atom is 0.229 e. The number of ether oxygens (including phenoxy) is 1. The van der Waals surface area contributed by atoms with E-state index < -0.39 is 11.6 Å². The largest absolute Gasteiger partial charge is 0.496 e. The van der Waals surface area contributed by atoms with Gasteiger partial charge in [0.2, 0.25) is 5.95 Å². The number of nitrogens with zero attached hydrogens (tertiary/aromatic N) is 2. The maximum absolute atomic E-state index is 14.2. The molecule has 0 saturated heterocycles. The molecule has 0 aliphatic rings. The number of hydrogen-bond donors (Lipinski definition) is 2. The van der Waals surface area contributed by atoms with Crippen LogP contribution in [0.4, 0.5) is 26.2 Å². The van der Waals surface area contributed by atoms with Crippen molar-refractivity contribution in [3.8, 4) is 5.75 Å². The fraction of sp³-hybridized carbons (Fsp3) is 0.0556. The number of nitrogen functional groups attached to an aromatic ring is 1. The van der Waals surface area contributed by atoms with E-state index in [-0.39, 0.29) is 33.5 Å². The van der Waals surface area contributed by atoms with Crippen LogP contribution in [0.2, 0.25) is 0 Å². The number of rotatable bonds is 5. The molecule has 1 heterocycles. The summed E-state index contributed by atoms with van der Waals surface area (Å²) in [6, 6.07) is 11.5. The van der Waals surface area contributed by atoms with Gasteiger partial charge >= 0.3 is 0 Å². The molecule has 132 valence electrons. The molecule has 26 heavy (non-hydrogen) atoms. The monoisotopic (exact) mass is 372 g/mol. The topological polar surface area (TPSA) is 73.1 Å². The van der Waals surface area contributed by atoms with E-state index in [0.717, 1.165) is 11.8 Å². The molecule has 0 spiro atoms. The first-order chi connectivity index (χ1) is 12.5. The third-order valence-electron chi connectivity index (χ3n) is 3.60. The molecule has 3 N–H and O–H groups in total. The van der Waals surface area contributed by atoms with E-state index >= 15 is 0 Å². The van der Waals surface area contributed by atoms with Crippen molar-refractivity contribution >= 4 is 34.5 Å². The van der Waals surface area contributed by atoms with Crippen molar-refractivity contribution in [2.24, 2.45) is 0 Å². The van der Waals surface area contributed by atoms with Crippen molar-refractivity contribution in [1.82, 2.24) is 9.97 Å². The molecule has 8 heteroatoms. The highest BCUT2D eigenvalue weighted by molar-refractivity contribution is 7.81. The molecule has 0 amide bonds. The van der Waals surface area contributed by atoms with Gasteiger partial charge in [-0.3, -0.25) is 0 Å². The standard InChI is InChI=1S/C18H14F2N4OS/c1-25-13-8-7-12(19)15(20)14(13)16(26)11-9-22-18(24-17(11)21)23-10-5-3-2-4-6-10/h2-9H,1H3,(H3,21,22,23,24). The zero-order valence-corrected chi connectivity index (χ0v) is 14.5. The molecule has 0 radical (unpaired) electrons. The van der Waals surface area contributed by atoms with E-state index in [9.17, 15) is 8.78 Å². The minimum Gasteiger partial charge on any atom is -0.496 e. The number of nitrogens with one attached hydrogen (secondary N) is 1. The highest BCUT2D eigenvalue weighted by Gasteiger charge is 2.22. The molecule has 1 aromatic heterocycles. The molecular weight excluding hydrogens is 358 g/mol. The number of hydrogen-bond acceptors (Lipinski definition) is 6. The number of thiocarbonyl (C=S) groups is 1. The van der Waals surface area contributed by atoms with Crippen molar-refractivity contribution in [3.63, 3.8) is 0 Å². The van der Waals surface area contributed by atoms with Crippen LogP contribution < -0.4 is 15.8 Å². The Morgan fingerprint density at radius 3 is 2.54 bits per heavy atom. The predicted molar refractivity (Wildman–Crippen MR) is 99.9 cm³/mol. The Kier molecular flexibility index (Phi) is 5.04. The number of aromatic nitrogens is 2. The lowest BCUT2D eigenvalue weighted by molar-refractivity contribution is 0.405. The Labute approximate surface area is 153 Å². The third-order valence-corrected chi connectivity index (χ3v) is 4.02. The lowest BCUT2D eigenvalue weighted by atomic mass is 10.0. The summed E-state index contributed by atoms with van der Waals surface area (Å²) in [4.78, 5) is 8.24. The molecule has 0 fully saturated rings. The zero-order chi connectivity index (χ0) is 18.7. The molecule has 0 saturated carbocycles. The van der Waals surface area contributed by atoms with Crippen LogP contribution in [0, 0.1) is 11.6 Å². The molecule has 2 aromatic carbocycles. The summed E-state index contributed by atoms with van der Waals surface area (Å²) < 4.78 is 32.9. The number of benzene rings is 2. The summed E-state index contributed by atoms with van der Waals surface area (Å²) in [5.41, 5.74) is 6.75. The third kappa shape index (κ3) is 3.45. The summed E-state index contributed by atoms with van der Waals surface area (Å²) in [5, 5.41) is 2.99. The summed E-state index contributed by atoms with van der Waals surface area (Å²) >= 11 is 5.28. The molecule has 0 unspecified atom stereocenters. The van der Waals surface area contributed by atoms with Crippen LogP contribution in [0.15, 0.2) is 48.7 Å². The quantitative estimate of drug-likeness (QED) is 0.523. The van der Waals surface area contributed by atoms with Crippen LogP contribution in [0.3, 0.4) is 0 Å². The Morgan fingerprint density at radius 2 is 1.88 bits per heavy atom. The number of para-hydroxylation sites is 1. The molecular formula is C18H14F2N4OS. The molecule has 3 rings (SSSR count). The number of methoxy groups -OCH3 is 1. The number of anilines is 3. The molecule has 0 atom stereocenters. The van der Waals surface area contributed by atoms with Gasteiger partial charge in [-0.1, -0.05) is 30.4 Å².